The van der Waals surface area contributed by atoms with E-state index < -0.39 is 23.1 Å². The van der Waals surface area contributed by atoms with Crippen molar-refractivity contribution in [1.29, 1.82) is 0 Å². The van der Waals surface area contributed by atoms with E-state index in [1.807, 2.05) is 0 Å². The van der Waals surface area contributed by atoms with Gasteiger partial charge in [-0.15, -0.1) is 0 Å². The predicted octanol–water partition coefficient (Wildman–Crippen LogP) is 0.398. The monoisotopic (exact) mass is 170 g/mol. The molecule has 0 radical (unpaired) electrons. The van der Waals surface area contributed by atoms with Gasteiger partial charge < -0.3 is 9.47 Å². The first-order valence-corrected chi connectivity index (χ1v) is 3.93. The third-order valence-corrected chi connectivity index (χ3v) is 2.58. The summed E-state index contributed by atoms with van der Waals surface area (Å²) in [6, 6.07) is 0. The van der Waals surface area contributed by atoms with Gasteiger partial charge in [0.2, 0.25) is 11.2 Å². The van der Waals surface area contributed by atoms with Crippen LogP contribution in [-0.2, 0) is 19.1 Å². The Hall–Kier alpha value is -1.06. The highest BCUT2D eigenvalue weighted by molar-refractivity contribution is 5.94. The zero-order valence-corrected chi connectivity index (χ0v) is 7.05. The molecule has 0 spiro atoms. The molecule has 3 fully saturated rings. The maximum absolute atomic E-state index is 11.2. The fraction of sp³-hybridized carbons (Fsp3) is 0.750. The molecule has 4 heteroatoms. The van der Waals surface area contributed by atoms with Crippen molar-refractivity contribution in [2.45, 2.75) is 37.9 Å². The van der Waals surface area contributed by atoms with E-state index in [0.717, 1.165) is 0 Å². The molecule has 3 aliphatic rings. The number of ether oxygens (including phenoxy) is 2. The lowest BCUT2D eigenvalue weighted by Crippen LogP contribution is -2.62. The number of fused-ring (bicyclic) bond motifs is 3. The first-order valence-electron chi connectivity index (χ1n) is 3.93. The Morgan fingerprint density at radius 2 is 1.33 bits per heavy atom. The smallest absolute Gasteiger partial charge is 0.351 e. The fourth-order valence-corrected chi connectivity index (χ4v) is 1.49. The topological polar surface area (TPSA) is 52.6 Å². The van der Waals surface area contributed by atoms with E-state index in [2.05, 4.69) is 0 Å². The quantitative estimate of drug-likeness (QED) is 0.494. The molecule has 2 atom stereocenters. The summed E-state index contributed by atoms with van der Waals surface area (Å²) in [6.07, 6.45) is 1.13. The van der Waals surface area contributed by atoms with Gasteiger partial charge in [0.25, 0.3) is 0 Å². The molecule has 2 bridgehead atoms. The molecule has 0 saturated carbocycles. The molecule has 0 aromatic heterocycles. The molecule has 0 aromatic carbocycles. The van der Waals surface area contributed by atoms with Crippen LogP contribution in [0.1, 0.15) is 26.7 Å². The zero-order valence-electron chi connectivity index (χ0n) is 7.05. The second-order valence-corrected chi connectivity index (χ2v) is 3.74. The highest BCUT2D eigenvalue weighted by atomic mass is 16.7. The summed E-state index contributed by atoms with van der Waals surface area (Å²) in [6.45, 7) is 3.18. The Labute approximate surface area is 69.8 Å². The largest absolute Gasteiger partial charge is 0.444 e. The van der Waals surface area contributed by atoms with Gasteiger partial charge in [-0.3, -0.25) is 0 Å². The van der Waals surface area contributed by atoms with Gasteiger partial charge in [0.15, 0.2) is 0 Å². The van der Waals surface area contributed by atoms with Crippen molar-refractivity contribution in [2.75, 3.05) is 0 Å². The van der Waals surface area contributed by atoms with Gasteiger partial charge in [0, 0.05) is 12.8 Å². The molecule has 0 amide bonds. The molecule has 0 aromatic rings. The maximum Gasteiger partial charge on any atom is 0.351 e. The number of esters is 2. The number of carbonyl (C=O) groups is 2. The molecule has 3 aliphatic heterocycles. The van der Waals surface area contributed by atoms with Crippen LogP contribution in [0.4, 0.5) is 0 Å². The van der Waals surface area contributed by atoms with Crippen LogP contribution < -0.4 is 0 Å². The Kier molecular flexibility index (Phi) is 1.14. The van der Waals surface area contributed by atoms with Crippen molar-refractivity contribution in [3.05, 3.63) is 0 Å². The summed E-state index contributed by atoms with van der Waals surface area (Å²) >= 11 is 0. The van der Waals surface area contributed by atoms with Crippen LogP contribution in [-0.4, -0.2) is 23.1 Å². The lowest BCUT2D eigenvalue weighted by Gasteiger charge is -2.46. The van der Waals surface area contributed by atoms with Crippen molar-refractivity contribution < 1.29 is 19.1 Å². The van der Waals surface area contributed by atoms with Crippen LogP contribution in [0.5, 0.6) is 0 Å². The predicted molar refractivity (Wildman–Crippen MR) is 38.2 cm³/mol. The fourth-order valence-electron chi connectivity index (χ4n) is 1.49. The van der Waals surface area contributed by atoms with Gasteiger partial charge >= 0.3 is 11.9 Å². The Morgan fingerprint density at radius 3 is 1.58 bits per heavy atom. The van der Waals surface area contributed by atoms with Crippen molar-refractivity contribution >= 4 is 11.9 Å². The van der Waals surface area contributed by atoms with Crippen molar-refractivity contribution in [3.63, 3.8) is 0 Å². The second kappa shape index (κ2) is 1.81. The van der Waals surface area contributed by atoms with E-state index in [1.165, 1.54) is 0 Å². The minimum absolute atomic E-state index is 0.421. The van der Waals surface area contributed by atoms with Crippen molar-refractivity contribution in [3.8, 4) is 0 Å². The Morgan fingerprint density at radius 1 is 1.00 bits per heavy atom. The summed E-state index contributed by atoms with van der Waals surface area (Å²) in [7, 11) is 0. The molecule has 3 saturated heterocycles. The summed E-state index contributed by atoms with van der Waals surface area (Å²) in [5.41, 5.74) is -2.04. The zero-order chi connectivity index (χ0) is 8.98. The standard InChI is InChI=1S/C8H10O4/c1-7-3-4-8(2,6(10)11-7)12-5(7)9/h3-4H2,1-2H3. The Balaban J connectivity index is 2.40. The molecule has 0 N–H and O–H groups in total. The van der Waals surface area contributed by atoms with Gasteiger partial charge in [-0.1, -0.05) is 0 Å². The van der Waals surface area contributed by atoms with E-state index in [9.17, 15) is 9.59 Å². The molecule has 3 rings (SSSR count). The van der Waals surface area contributed by atoms with E-state index >= 15 is 0 Å². The summed E-state index contributed by atoms with van der Waals surface area (Å²) in [4.78, 5) is 22.5. The van der Waals surface area contributed by atoms with Crippen LogP contribution in [0.3, 0.4) is 0 Å². The summed E-state index contributed by atoms with van der Waals surface area (Å²) in [5, 5.41) is 0. The summed E-state index contributed by atoms with van der Waals surface area (Å²) in [5.74, 6) is -0.841. The van der Waals surface area contributed by atoms with Crippen LogP contribution in [0.15, 0.2) is 0 Å². The van der Waals surface area contributed by atoms with Crippen LogP contribution in [0.2, 0.25) is 0 Å². The average Bonchev–Trinajstić information content (AvgIpc) is 1.96. The van der Waals surface area contributed by atoms with Gasteiger partial charge in [-0.25, -0.2) is 9.59 Å². The van der Waals surface area contributed by atoms with Crippen LogP contribution in [0.25, 0.3) is 0 Å². The average molecular weight is 170 g/mol. The molecular formula is C8H10O4. The third kappa shape index (κ3) is 0.722. The minimum atomic E-state index is -1.02. The SMILES string of the molecule is CC12CCC(C)(OC1=O)C(=O)O2. The van der Waals surface area contributed by atoms with Crippen LogP contribution >= 0.6 is 0 Å². The molecule has 0 aliphatic carbocycles. The van der Waals surface area contributed by atoms with Gasteiger partial charge in [-0.05, 0) is 13.8 Å². The lowest BCUT2D eigenvalue weighted by atomic mass is 9.84. The second-order valence-electron chi connectivity index (χ2n) is 3.74. The first-order chi connectivity index (χ1) is 5.46. The van der Waals surface area contributed by atoms with E-state index in [1.54, 1.807) is 13.8 Å². The number of hydrogen-bond acceptors (Lipinski definition) is 4. The highest BCUT2D eigenvalue weighted by Crippen LogP contribution is 2.40. The van der Waals surface area contributed by atoms with Gasteiger partial charge in [0.1, 0.15) is 0 Å². The normalized spacial score (nSPS) is 45.5. The molecule has 3 heterocycles. The van der Waals surface area contributed by atoms with E-state index in [-0.39, 0.29) is 0 Å². The van der Waals surface area contributed by atoms with Gasteiger partial charge in [-0.2, -0.15) is 0 Å². The van der Waals surface area contributed by atoms with Gasteiger partial charge in [0.05, 0.1) is 0 Å². The van der Waals surface area contributed by atoms with Crippen molar-refractivity contribution in [1.82, 2.24) is 0 Å². The molecule has 4 nitrogen and oxygen atoms in total. The van der Waals surface area contributed by atoms with E-state index in [0.29, 0.717) is 12.8 Å². The molecule has 66 valence electrons. The van der Waals surface area contributed by atoms with E-state index in [4.69, 9.17) is 9.47 Å². The number of hydrogen-bond donors (Lipinski definition) is 0. The number of carbonyl (C=O) groups excluding carboxylic acids is 2. The summed E-state index contributed by atoms with van der Waals surface area (Å²) < 4.78 is 9.95. The van der Waals surface area contributed by atoms with Crippen molar-refractivity contribution in [2.24, 2.45) is 0 Å². The first kappa shape index (κ1) is 7.58. The maximum atomic E-state index is 11.2. The lowest BCUT2D eigenvalue weighted by molar-refractivity contribution is -0.240. The Bertz CT molecular complexity index is 244. The molecule has 12 heavy (non-hydrogen) atoms. The van der Waals surface area contributed by atoms with Crippen LogP contribution in [0, 0.1) is 0 Å². The number of rotatable bonds is 0. The third-order valence-electron chi connectivity index (χ3n) is 2.58. The minimum Gasteiger partial charge on any atom is -0.444 e. The molecule has 2 unspecified atom stereocenters. The highest BCUT2D eigenvalue weighted by Gasteiger charge is 2.59. The molecular weight excluding hydrogens is 160 g/mol.